The van der Waals surface area contributed by atoms with Crippen LogP contribution in [-0.2, 0) is 6.54 Å². The van der Waals surface area contributed by atoms with Gasteiger partial charge in [-0.3, -0.25) is 4.90 Å². The summed E-state index contributed by atoms with van der Waals surface area (Å²) < 4.78 is 0. The molecule has 0 saturated carbocycles. The lowest BCUT2D eigenvalue weighted by atomic mass is 10.2. The van der Waals surface area contributed by atoms with Crippen LogP contribution in [0.3, 0.4) is 0 Å². The molecule has 118 valence electrons. The second kappa shape index (κ2) is 8.39. The van der Waals surface area contributed by atoms with Gasteiger partial charge in [0.2, 0.25) is 0 Å². The molecule has 0 atom stereocenters. The smallest absolute Gasteiger partial charge is 0.129 e. The molecule has 0 spiro atoms. The van der Waals surface area contributed by atoms with Gasteiger partial charge in [-0.2, -0.15) is 0 Å². The number of hydrogen-bond donors (Lipinski definition) is 0. The SMILES string of the molecule is C[Si](C)(C)C#CCN(CC#C[Si](C)(C)C)Cc1ccccc1. The van der Waals surface area contributed by atoms with Crippen LogP contribution in [0.25, 0.3) is 0 Å². The van der Waals surface area contributed by atoms with Gasteiger partial charge < -0.3 is 0 Å². The van der Waals surface area contributed by atoms with Crippen LogP contribution in [0.4, 0.5) is 0 Å². The van der Waals surface area contributed by atoms with Crippen LogP contribution in [-0.4, -0.2) is 34.1 Å². The van der Waals surface area contributed by atoms with E-state index in [1.54, 1.807) is 0 Å². The zero-order valence-corrected chi connectivity index (χ0v) is 17.0. The van der Waals surface area contributed by atoms with E-state index in [2.05, 4.69) is 97.4 Å². The van der Waals surface area contributed by atoms with Crippen LogP contribution in [0, 0.1) is 22.9 Å². The van der Waals surface area contributed by atoms with Crippen molar-refractivity contribution in [2.24, 2.45) is 0 Å². The third-order valence-electron chi connectivity index (χ3n) is 2.78. The van der Waals surface area contributed by atoms with Crippen LogP contribution < -0.4 is 0 Å². The van der Waals surface area contributed by atoms with Crippen LogP contribution >= 0.6 is 0 Å². The van der Waals surface area contributed by atoms with Gasteiger partial charge in [0.25, 0.3) is 0 Å². The van der Waals surface area contributed by atoms with Crippen LogP contribution in [0.5, 0.6) is 0 Å². The molecule has 1 aromatic carbocycles. The Morgan fingerprint density at radius 2 is 1.23 bits per heavy atom. The predicted octanol–water partition coefficient (Wildman–Crippen LogP) is 4.25. The Kier molecular flexibility index (Phi) is 7.16. The van der Waals surface area contributed by atoms with Crippen molar-refractivity contribution in [3.8, 4) is 22.9 Å². The van der Waals surface area contributed by atoms with Gasteiger partial charge in [-0.05, 0) is 5.56 Å². The summed E-state index contributed by atoms with van der Waals surface area (Å²) in [5, 5.41) is 0. The molecule has 0 N–H and O–H groups in total. The monoisotopic (exact) mass is 327 g/mol. The van der Waals surface area contributed by atoms with Gasteiger partial charge in [-0.15, -0.1) is 11.1 Å². The second-order valence-corrected chi connectivity index (χ2v) is 17.2. The quantitative estimate of drug-likeness (QED) is 0.590. The van der Waals surface area contributed by atoms with E-state index in [0.29, 0.717) is 0 Å². The molecule has 0 unspecified atom stereocenters. The highest BCUT2D eigenvalue weighted by molar-refractivity contribution is 6.84. The average molecular weight is 328 g/mol. The molecule has 0 bridgehead atoms. The van der Waals surface area contributed by atoms with E-state index >= 15 is 0 Å². The molecule has 0 fully saturated rings. The summed E-state index contributed by atoms with van der Waals surface area (Å²) in [6.07, 6.45) is 0. The number of hydrogen-bond acceptors (Lipinski definition) is 1. The Balaban J connectivity index is 2.75. The van der Waals surface area contributed by atoms with Gasteiger partial charge in [-0.25, -0.2) is 0 Å². The number of rotatable bonds is 4. The average Bonchev–Trinajstić information content (AvgIpc) is 2.36. The molecule has 22 heavy (non-hydrogen) atoms. The summed E-state index contributed by atoms with van der Waals surface area (Å²) in [4.78, 5) is 2.34. The van der Waals surface area contributed by atoms with Crippen molar-refractivity contribution in [1.29, 1.82) is 0 Å². The van der Waals surface area contributed by atoms with Crippen molar-refractivity contribution < 1.29 is 0 Å². The lowest BCUT2D eigenvalue weighted by Crippen LogP contribution is -2.26. The highest BCUT2D eigenvalue weighted by Crippen LogP contribution is 2.04. The van der Waals surface area contributed by atoms with Gasteiger partial charge in [0.1, 0.15) is 16.1 Å². The Bertz CT molecular complexity index is 538. The molecule has 0 amide bonds. The molecular formula is C19H29NSi2. The highest BCUT2D eigenvalue weighted by Gasteiger charge is 2.09. The van der Waals surface area contributed by atoms with Crippen LogP contribution in [0.2, 0.25) is 39.3 Å². The van der Waals surface area contributed by atoms with Gasteiger partial charge in [0.05, 0.1) is 13.1 Å². The molecule has 0 heterocycles. The van der Waals surface area contributed by atoms with Crippen LogP contribution in [0.15, 0.2) is 30.3 Å². The Morgan fingerprint density at radius 3 is 1.64 bits per heavy atom. The second-order valence-electron chi connectivity index (χ2n) is 7.73. The van der Waals surface area contributed by atoms with Crippen LogP contribution in [0.1, 0.15) is 5.56 Å². The van der Waals surface area contributed by atoms with E-state index in [0.717, 1.165) is 19.6 Å². The van der Waals surface area contributed by atoms with Crippen molar-refractivity contribution >= 4 is 16.1 Å². The normalized spacial score (nSPS) is 11.4. The molecular weight excluding hydrogens is 298 g/mol. The van der Waals surface area contributed by atoms with Gasteiger partial charge >= 0.3 is 0 Å². The van der Waals surface area contributed by atoms with Crippen molar-refractivity contribution in [2.75, 3.05) is 13.1 Å². The Hall–Kier alpha value is -1.27. The molecule has 1 nitrogen and oxygen atoms in total. The molecule has 1 aromatic rings. The highest BCUT2D eigenvalue weighted by atomic mass is 28.3. The van der Waals surface area contributed by atoms with Crippen molar-refractivity contribution in [3.63, 3.8) is 0 Å². The first-order valence-electron chi connectivity index (χ1n) is 7.92. The van der Waals surface area contributed by atoms with E-state index in [1.165, 1.54) is 5.56 Å². The summed E-state index contributed by atoms with van der Waals surface area (Å²) in [6.45, 7) is 16.2. The first kappa shape index (κ1) is 18.8. The van der Waals surface area contributed by atoms with E-state index in [4.69, 9.17) is 0 Å². The zero-order valence-electron chi connectivity index (χ0n) is 15.0. The minimum Gasteiger partial charge on any atom is -0.277 e. The van der Waals surface area contributed by atoms with Crippen molar-refractivity contribution in [1.82, 2.24) is 4.90 Å². The molecule has 3 heteroatoms. The third kappa shape index (κ3) is 9.63. The maximum atomic E-state index is 3.45. The lowest BCUT2D eigenvalue weighted by Gasteiger charge is -2.17. The third-order valence-corrected chi connectivity index (χ3v) is 4.63. The minimum atomic E-state index is -1.29. The fourth-order valence-electron chi connectivity index (χ4n) is 1.84. The standard InChI is InChI=1S/C19H29NSi2/c1-21(2,3)16-10-14-20(15-11-17-22(4,5)6)18-19-12-8-7-9-13-19/h7-9,12-13H,14-15,18H2,1-6H3. The summed E-state index contributed by atoms with van der Waals surface area (Å²) in [5.41, 5.74) is 8.23. The lowest BCUT2D eigenvalue weighted by molar-refractivity contribution is 0.338. The summed E-state index contributed by atoms with van der Waals surface area (Å²) in [5.74, 6) is 6.75. The van der Waals surface area contributed by atoms with Gasteiger partial charge in [-0.1, -0.05) is 81.5 Å². The molecule has 0 saturated heterocycles. The maximum Gasteiger partial charge on any atom is 0.129 e. The van der Waals surface area contributed by atoms with Gasteiger partial charge in [0, 0.05) is 6.54 Å². The molecule has 0 aliphatic rings. The number of benzene rings is 1. The number of nitrogens with zero attached hydrogens (tertiary/aromatic N) is 1. The van der Waals surface area contributed by atoms with E-state index < -0.39 is 16.1 Å². The maximum absolute atomic E-state index is 3.45. The molecule has 0 aromatic heterocycles. The zero-order chi connectivity index (χ0) is 16.6. The molecule has 0 radical (unpaired) electrons. The summed E-state index contributed by atoms with van der Waals surface area (Å²) >= 11 is 0. The Labute approximate surface area is 139 Å². The van der Waals surface area contributed by atoms with Gasteiger partial charge in [0.15, 0.2) is 0 Å². The van der Waals surface area contributed by atoms with Crippen molar-refractivity contribution in [3.05, 3.63) is 35.9 Å². The van der Waals surface area contributed by atoms with E-state index in [-0.39, 0.29) is 0 Å². The topological polar surface area (TPSA) is 3.24 Å². The summed E-state index contributed by atoms with van der Waals surface area (Å²) in [7, 11) is -2.59. The fourth-order valence-corrected chi connectivity index (χ4v) is 3.06. The predicted molar refractivity (Wildman–Crippen MR) is 104 cm³/mol. The van der Waals surface area contributed by atoms with E-state index in [1.807, 2.05) is 0 Å². The fraction of sp³-hybridized carbons (Fsp3) is 0.474. The summed E-state index contributed by atoms with van der Waals surface area (Å²) in [6, 6.07) is 10.6. The van der Waals surface area contributed by atoms with E-state index in [9.17, 15) is 0 Å². The minimum absolute atomic E-state index is 0.805. The first-order chi connectivity index (χ1) is 10.2. The largest absolute Gasteiger partial charge is 0.277 e. The Morgan fingerprint density at radius 1 is 0.773 bits per heavy atom. The molecule has 1 rings (SSSR count). The first-order valence-corrected chi connectivity index (χ1v) is 14.9. The van der Waals surface area contributed by atoms with Crippen molar-refractivity contribution in [2.45, 2.75) is 45.8 Å². The molecule has 0 aliphatic carbocycles. The molecule has 0 aliphatic heterocycles.